The maximum atomic E-state index is 11.5. The highest BCUT2D eigenvalue weighted by Gasteiger charge is 2.15. The van der Waals surface area contributed by atoms with Crippen molar-refractivity contribution in [1.82, 2.24) is 4.98 Å². The molecule has 5 nitrogen and oxygen atoms in total. The Morgan fingerprint density at radius 2 is 1.95 bits per heavy atom. The van der Waals surface area contributed by atoms with Gasteiger partial charge in [-0.05, 0) is 30.0 Å². The molecule has 0 atom stereocenters. The lowest BCUT2D eigenvalue weighted by Crippen LogP contribution is -2.10. The first-order chi connectivity index (χ1) is 9.90. The summed E-state index contributed by atoms with van der Waals surface area (Å²) in [5.74, 6) is -0.489. The Morgan fingerprint density at radius 1 is 1.29 bits per heavy atom. The molecule has 0 spiro atoms. The van der Waals surface area contributed by atoms with Crippen LogP contribution in [0, 0.1) is 0 Å². The van der Waals surface area contributed by atoms with Gasteiger partial charge >= 0.3 is 5.97 Å². The molecule has 21 heavy (non-hydrogen) atoms. The van der Waals surface area contributed by atoms with Crippen LogP contribution in [0.15, 0.2) is 34.9 Å². The van der Waals surface area contributed by atoms with Gasteiger partial charge in [-0.3, -0.25) is 0 Å². The van der Waals surface area contributed by atoms with Gasteiger partial charge in [0.05, 0.1) is 6.61 Å². The Labute approximate surface area is 124 Å². The summed E-state index contributed by atoms with van der Waals surface area (Å²) in [4.78, 5) is 15.5. The van der Waals surface area contributed by atoms with E-state index in [2.05, 4.69) is 43.2 Å². The Bertz CT molecular complexity index is 609. The summed E-state index contributed by atoms with van der Waals surface area (Å²) in [5.41, 5.74) is 2.36. The molecule has 0 unspecified atom stereocenters. The van der Waals surface area contributed by atoms with Crippen LogP contribution in [0.1, 0.15) is 43.7 Å². The van der Waals surface area contributed by atoms with Crippen LogP contribution in [-0.4, -0.2) is 17.6 Å². The number of aromatic nitrogens is 1. The molecule has 112 valence electrons. The molecule has 0 radical (unpaired) electrons. The van der Waals surface area contributed by atoms with Crippen molar-refractivity contribution in [1.29, 1.82) is 0 Å². The van der Waals surface area contributed by atoms with Gasteiger partial charge in [0.15, 0.2) is 5.69 Å². The second-order valence-corrected chi connectivity index (χ2v) is 5.71. The van der Waals surface area contributed by atoms with Crippen LogP contribution in [0.4, 0.5) is 11.7 Å². The molecular weight excluding hydrogens is 268 g/mol. The molecule has 0 aliphatic rings. The Kier molecular flexibility index (Phi) is 4.31. The highest BCUT2D eigenvalue weighted by atomic mass is 16.5. The molecule has 1 N–H and O–H groups in total. The molecule has 0 bridgehead atoms. The van der Waals surface area contributed by atoms with Crippen molar-refractivity contribution in [2.24, 2.45) is 0 Å². The van der Waals surface area contributed by atoms with Gasteiger partial charge in [-0.2, -0.15) is 4.98 Å². The molecule has 1 aromatic heterocycles. The molecule has 0 aliphatic carbocycles. The summed E-state index contributed by atoms with van der Waals surface area (Å²) in [6, 6.07) is 8.28. The van der Waals surface area contributed by atoms with Crippen LogP contribution in [0.25, 0.3) is 0 Å². The molecule has 0 amide bonds. The maximum absolute atomic E-state index is 11.5. The standard InChI is InChI=1S/C16H20N2O3/c1-5-20-14(19)13-10-21-15(18-13)17-12-8-6-11(7-9-12)16(2,3)4/h6-10H,5H2,1-4H3,(H,17,18). The summed E-state index contributed by atoms with van der Waals surface area (Å²) in [6.07, 6.45) is 1.28. The van der Waals surface area contributed by atoms with E-state index in [1.807, 2.05) is 12.1 Å². The Hall–Kier alpha value is -2.30. The number of oxazole rings is 1. The normalized spacial score (nSPS) is 11.2. The van der Waals surface area contributed by atoms with Gasteiger partial charge < -0.3 is 14.5 Å². The second-order valence-electron chi connectivity index (χ2n) is 5.71. The molecule has 2 rings (SSSR count). The predicted octanol–water partition coefficient (Wildman–Crippen LogP) is 3.89. The molecule has 1 heterocycles. The molecule has 2 aromatic rings. The number of ether oxygens (including phenoxy) is 1. The van der Waals surface area contributed by atoms with Crippen LogP contribution in [0.3, 0.4) is 0 Å². The lowest BCUT2D eigenvalue weighted by molar-refractivity contribution is 0.0519. The summed E-state index contributed by atoms with van der Waals surface area (Å²) in [5, 5.41) is 3.01. The third-order valence-electron chi connectivity index (χ3n) is 2.99. The van der Waals surface area contributed by atoms with Gasteiger partial charge in [0.2, 0.25) is 0 Å². The molecule has 0 fully saturated rings. The zero-order valence-electron chi connectivity index (χ0n) is 12.8. The molecule has 1 aromatic carbocycles. The number of hydrogen-bond acceptors (Lipinski definition) is 5. The number of benzene rings is 1. The number of rotatable bonds is 4. The minimum Gasteiger partial charge on any atom is -0.461 e. The van der Waals surface area contributed by atoms with Crippen molar-refractivity contribution in [2.75, 3.05) is 11.9 Å². The maximum Gasteiger partial charge on any atom is 0.360 e. The number of esters is 1. The molecule has 5 heteroatoms. The number of nitrogens with zero attached hydrogens (tertiary/aromatic N) is 1. The quantitative estimate of drug-likeness (QED) is 0.865. The zero-order chi connectivity index (χ0) is 15.5. The van der Waals surface area contributed by atoms with E-state index in [1.165, 1.54) is 11.8 Å². The summed E-state index contributed by atoms with van der Waals surface area (Å²) in [7, 11) is 0. The van der Waals surface area contributed by atoms with Crippen LogP contribution >= 0.6 is 0 Å². The van der Waals surface area contributed by atoms with Gasteiger partial charge in [-0.25, -0.2) is 4.79 Å². The van der Waals surface area contributed by atoms with Gasteiger partial charge in [0.1, 0.15) is 6.26 Å². The lowest BCUT2D eigenvalue weighted by atomic mass is 9.87. The zero-order valence-corrected chi connectivity index (χ0v) is 12.8. The van der Waals surface area contributed by atoms with Gasteiger partial charge in [-0.15, -0.1) is 0 Å². The fraction of sp³-hybridized carbons (Fsp3) is 0.375. The molecular formula is C16H20N2O3. The summed E-state index contributed by atoms with van der Waals surface area (Å²) < 4.78 is 10.1. The first-order valence-electron chi connectivity index (χ1n) is 6.90. The number of hydrogen-bond donors (Lipinski definition) is 1. The van der Waals surface area contributed by atoms with E-state index in [0.29, 0.717) is 6.61 Å². The molecule has 0 saturated heterocycles. The smallest absolute Gasteiger partial charge is 0.360 e. The average molecular weight is 288 g/mol. The average Bonchev–Trinajstić information content (AvgIpc) is 2.87. The van der Waals surface area contributed by atoms with Crippen molar-refractivity contribution in [3.05, 3.63) is 41.8 Å². The van der Waals surface area contributed by atoms with E-state index >= 15 is 0 Å². The van der Waals surface area contributed by atoms with E-state index in [1.54, 1.807) is 6.92 Å². The minimum atomic E-state index is -0.489. The second kappa shape index (κ2) is 5.99. The topological polar surface area (TPSA) is 64.4 Å². The summed E-state index contributed by atoms with van der Waals surface area (Å²) in [6.45, 7) is 8.54. The van der Waals surface area contributed by atoms with Crippen molar-refractivity contribution in [3.63, 3.8) is 0 Å². The SMILES string of the molecule is CCOC(=O)c1coc(Nc2ccc(C(C)(C)C)cc2)n1. The van der Waals surface area contributed by atoms with Gasteiger partial charge in [0.25, 0.3) is 6.01 Å². The summed E-state index contributed by atoms with van der Waals surface area (Å²) >= 11 is 0. The third kappa shape index (κ3) is 3.84. The number of nitrogens with one attached hydrogen (secondary N) is 1. The minimum absolute atomic E-state index is 0.110. The molecule has 0 saturated carbocycles. The van der Waals surface area contributed by atoms with E-state index < -0.39 is 5.97 Å². The van der Waals surface area contributed by atoms with Crippen LogP contribution in [0.5, 0.6) is 0 Å². The van der Waals surface area contributed by atoms with Gasteiger partial charge in [-0.1, -0.05) is 32.9 Å². The van der Waals surface area contributed by atoms with Crippen LogP contribution in [-0.2, 0) is 10.2 Å². The number of carbonyl (C=O) groups is 1. The van der Waals surface area contributed by atoms with Crippen molar-refractivity contribution in [2.45, 2.75) is 33.1 Å². The van der Waals surface area contributed by atoms with E-state index in [4.69, 9.17) is 9.15 Å². The monoisotopic (exact) mass is 288 g/mol. The van der Waals surface area contributed by atoms with Crippen molar-refractivity contribution < 1.29 is 13.9 Å². The highest BCUT2D eigenvalue weighted by Crippen LogP contribution is 2.24. The van der Waals surface area contributed by atoms with E-state index in [-0.39, 0.29) is 17.1 Å². The first-order valence-corrected chi connectivity index (χ1v) is 6.90. The number of anilines is 2. The van der Waals surface area contributed by atoms with Gasteiger partial charge in [0, 0.05) is 5.69 Å². The first kappa shape index (κ1) is 15.1. The van der Waals surface area contributed by atoms with Crippen LogP contribution < -0.4 is 5.32 Å². The largest absolute Gasteiger partial charge is 0.461 e. The fourth-order valence-corrected chi connectivity index (χ4v) is 1.81. The third-order valence-corrected chi connectivity index (χ3v) is 2.99. The predicted molar refractivity (Wildman–Crippen MR) is 80.9 cm³/mol. The fourth-order valence-electron chi connectivity index (χ4n) is 1.81. The van der Waals surface area contributed by atoms with Crippen molar-refractivity contribution in [3.8, 4) is 0 Å². The number of carbonyl (C=O) groups excluding carboxylic acids is 1. The van der Waals surface area contributed by atoms with Crippen molar-refractivity contribution >= 4 is 17.7 Å². The lowest BCUT2D eigenvalue weighted by Gasteiger charge is -2.19. The Balaban J connectivity index is 2.07. The van der Waals surface area contributed by atoms with Crippen LogP contribution in [0.2, 0.25) is 0 Å². The van der Waals surface area contributed by atoms with E-state index in [9.17, 15) is 4.79 Å². The molecule has 0 aliphatic heterocycles. The highest BCUT2D eigenvalue weighted by molar-refractivity contribution is 5.87. The Morgan fingerprint density at radius 3 is 2.52 bits per heavy atom. The van der Waals surface area contributed by atoms with E-state index in [0.717, 1.165) is 5.69 Å².